The molecular weight excluding hydrogens is 234 g/mol. The Balaban J connectivity index is 2.03. The molecule has 0 radical (unpaired) electrons. The van der Waals surface area contributed by atoms with Gasteiger partial charge in [0.05, 0.1) is 31.5 Å². The second kappa shape index (κ2) is 5.84. The number of carboxylic acids is 1. The molecule has 0 saturated carbocycles. The van der Waals surface area contributed by atoms with Crippen molar-refractivity contribution < 1.29 is 19.4 Å². The predicted octanol–water partition coefficient (Wildman–Crippen LogP) is 1.52. The van der Waals surface area contributed by atoms with Crippen molar-refractivity contribution >= 4 is 11.7 Å². The number of aryl methyl sites for hydroxylation is 1. The van der Waals surface area contributed by atoms with Crippen LogP contribution in [0.4, 0.5) is 5.69 Å². The number of hydrogen-bond donors (Lipinski definition) is 2. The molecule has 2 N–H and O–H groups in total. The Kier molecular flexibility index (Phi) is 4.17. The maximum atomic E-state index is 11.1. The van der Waals surface area contributed by atoms with Crippen LogP contribution in [0.25, 0.3) is 0 Å². The molecular formula is C13H17NO4. The molecule has 1 atom stereocenters. The standard InChI is InChI=1S/C13H17NO4/c1-9-2-3-11(13(15)16)12(6-9)14-7-10-8-17-4-5-18-10/h2-3,6,10,14H,4-5,7-8H2,1H3,(H,15,16). The van der Waals surface area contributed by atoms with Gasteiger partial charge in [0.1, 0.15) is 0 Å². The van der Waals surface area contributed by atoms with Gasteiger partial charge < -0.3 is 19.9 Å². The van der Waals surface area contributed by atoms with Gasteiger partial charge in [0.25, 0.3) is 0 Å². The number of ether oxygens (including phenoxy) is 2. The summed E-state index contributed by atoms with van der Waals surface area (Å²) in [6.45, 7) is 4.23. The van der Waals surface area contributed by atoms with E-state index in [0.29, 0.717) is 32.1 Å². The van der Waals surface area contributed by atoms with E-state index in [1.807, 2.05) is 13.0 Å². The molecule has 98 valence electrons. The minimum atomic E-state index is -0.932. The molecule has 0 spiro atoms. The van der Waals surface area contributed by atoms with E-state index in [9.17, 15) is 4.79 Å². The lowest BCUT2D eigenvalue weighted by atomic mass is 10.1. The summed E-state index contributed by atoms with van der Waals surface area (Å²) < 4.78 is 10.8. The van der Waals surface area contributed by atoms with Crippen LogP contribution in [0.1, 0.15) is 15.9 Å². The molecule has 1 unspecified atom stereocenters. The molecule has 0 aliphatic carbocycles. The van der Waals surface area contributed by atoms with Gasteiger partial charge in [0.2, 0.25) is 0 Å². The normalized spacial score (nSPS) is 19.5. The first kappa shape index (κ1) is 12.9. The van der Waals surface area contributed by atoms with Gasteiger partial charge in [-0.2, -0.15) is 0 Å². The van der Waals surface area contributed by atoms with E-state index in [0.717, 1.165) is 5.56 Å². The first-order valence-electron chi connectivity index (χ1n) is 5.94. The van der Waals surface area contributed by atoms with Crippen LogP contribution in [-0.2, 0) is 9.47 Å². The minimum absolute atomic E-state index is 0.0269. The van der Waals surface area contributed by atoms with Crippen LogP contribution in [0.2, 0.25) is 0 Å². The van der Waals surface area contributed by atoms with Crippen molar-refractivity contribution in [1.29, 1.82) is 0 Å². The molecule has 1 heterocycles. The SMILES string of the molecule is Cc1ccc(C(=O)O)c(NCC2COCCO2)c1. The third-order valence-corrected chi connectivity index (χ3v) is 2.81. The smallest absolute Gasteiger partial charge is 0.337 e. The van der Waals surface area contributed by atoms with Gasteiger partial charge in [-0.25, -0.2) is 4.79 Å². The third-order valence-electron chi connectivity index (χ3n) is 2.81. The lowest BCUT2D eigenvalue weighted by molar-refractivity contribution is -0.0818. The summed E-state index contributed by atoms with van der Waals surface area (Å²) in [5.74, 6) is -0.932. The van der Waals surface area contributed by atoms with E-state index < -0.39 is 5.97 Å². The molecule has 0 aromatic heterocycles. The van der Waals surface area contributed by atoms with Gasteiger partial charge in [-0.15, -0.1) is 0 Å². The summed E-state index contributed by atoms with van der Waals surface area (Å²) in [5, 5.41) is 12.2. The number of rotatable bonds is 4. The molecule has 5 heteroatoms. The van der Waals surface area contributed by atoms with Crippen LogP contribution in [0.15, 0.2) is 18.2 Å². The Morgan fingerprint density at radius 1 is 1.50 bits per heavy atom. The van der Waals surface area contributed by atoms with Gasteiger partial charge in [-0.1, -0.05) is 6.07 Å². The Morgan fingerprint density at radius 3 is 3.00 bits per heavy atom. The molecule has 5 nitrogen and oxygen atoms in total. The van der Waals surface area contributed by atoms with Crippen molar-refractivity contribution in [2.75, 3.05) is 31.7 Å². The van der Waals surface area contributed by atoms with E-state index in [2.05, 4.69) is 5.32 Å². The van der Waals surface area contributed by atoms with Gasteiger partial charge in [0, 0.05) is 12.2 Å². The predicted molar refractivity (Wildman–Crippen MR) is 67.2 cm³/mol. The molecule has 18 heavy (non-hydrogen) atoms. The fourth-order valence-electron chi connectivity index (χ4n) is 1.87. The lowest BCUT2D eigenvalue weighted by Gasteiger charge is -2.24. The summed E-state index contributed by atoms with van der Waals surface area (Å²) in [6, 6.07) is 5.22. The zero-order valence-electron chi connectivity index (χ0n) is 10.3. The Morgan fingerprint density at radius 2 is 2.33 bits per heavy atom. The number of nitrogens with one attached hydrogen (secondary N) is 1. The highest BCUT2D eigenvalue weighted by Crippen LogP contribution is 2.18. The second-order valence-corrected chi connectivity index (χ2v) is 4.30. The molecule has 1 aliphatic heterocycles. The fraction of sp³-hybridized carbons (Fsp3) is 0.462. The van der Waals surface area contributed by atoms with Crippen LogP contribution < -0.4 is 5.32 Å². The molecule has 1 fully saturated rings. The molecule has 0 bridgehead atoms. The topological polar surface area (TPSA) is 67.8 Å². The first-order chi connectivity index (χ1) is 8.66. The first-order valence-corrected chi connectivity index (χ1v) is 5.94. The van der Waals surface area contributed by atoms with E-state index in [1.165, 1.54) is 0 Å². The highest BCUT2D eigenvalue weighted by Gasteiger charge is 2.16. The third kappa shape index (κ3) is 3.21. The van der Waals surface area contributed by atoms with Gasteiger partial charge >= 0.3 is 5.97 Å². The van der Waals surface area contributed by atoms with Crippen molar-refractivity contribution in [2.24, 2.45) is 0 Å². The summed E-state index contributed by atoms with van der Waals surface area (Å²) in [5.41, 5.74) is 1.91. The van der Waals surface area contributed by atoms with Crippen molar-refractivity contribution in [1.82, 2.24) is 0 Å². The molecule has 2 rings (SSSR count). The molecule has 1 aromatic carbocycles. The summed E-state index contributed by atoms with van der Waals surface area (Å²) >= 11 is 0. The molecule has 1 aliphatic rings. The van der Waals surface area contributed by atoms with Crippen molar-refractivity contribution in [3.05, 3.63) is 29.3 Å². The van der Waals surface area contributed by atoms with E-state index >= 15 is 0 Å². The second-order valence-electron chi connectivity index (χ2n) is 4.30. The number of benzene rings is 1. The Bertz CT molecular complexity index is 427. The Hall–Kier alpha value is -1.59. The average molecular weight is 251 g/mol. The number of carboxylic acid groups (broad SMARTS) is 1. The zero-order chi connectivity index (χ0) is 13.0. The number of carbonyl (C=O) groups is 1. The molecule has 1 saturated heterocycles. The van der Waals surface area contributed by atoms with Crippen LogP contribution in [0.3, 0.4) is 0 Å². The number of aromatic carboxylic acids is 1. The molecule has 0 amide bonds. The maximum Gasteiger partial charge on any atom is 0.337 e. The van der Waals surface area contributed by atoms with Crippen LogP contribution in [-0.4, -0.2) is 43.5 Å². The van der Waals surface area contributed by atoms with Gasteiger partial charge in [0.15, 0.2) is 0 Å². The Labute approximate surface area is 106 Å². The van der Waals surface area contributed by atoms with Crippen LogP contribution >= 0.6 is 0 Å². The summed E-state index contributed by atoms with van der Waals surface area (Å²) in [6.07, 6.45) is -0.0269. The highest BCUT2D eigenvalue weighted by atomic mass is 16.6. The highest BCUT2D eigenvalue weighted by molar-refractivity contribution is 5.94. The van der Waals surface area contributed by atoms with E-state index in [1.54, 1.807) is 12.1 Å². The average Bonchev–Trinajstić information content (AvgIpc) is 2.37. The maximum absolute atomic E-state index is 11.1. The monoisotopic (exact) mass is 251 g/mol. The number of anilines is 1. The van der Waals surface area contributed by atoms with Crippen LogP contribution in [0, 0.1) is 6.92 Å². The zero-order valence-corrected chi connectivity index (χ0v) is 10.3. The van der Waals surface area contributed by atoms with Crippen LogP contribution in [0.5, 0.6) is 0 Å². The van der Waals surface area contributed by atoms with E-state index in [-0.39, 0.29) is 11.7 Å². The molecule has 1 aromatic rings. The largest absolute Gasteiger partial charge is 0.478 e. The minimum Gasteiger partial charge on any atom is -0.478 e. The lowest BCUT2D eigenvalue weighted by Crippen LogP contribution is -2.34. The quantitative estimate of drug-likeness (QED) is 0.849. The van der Waals surface area contributed by atoms with Gasteiger partial charge in [-0.3, -0.25) is 0 Å². The summed E-state index contributed by atoms with van der Waals surface area (Å²) in [7, 11) is 0. The van der Waals surface area contributed by atoms with E-state index in [4.69, 9.17) is 14.6 Å². The number of hydrogen-bond acceptors (Lipinski definition) is 4. The fourth-order valence-corrected chi connectivity index (χ4v) is 1.87. The van der Waals surface area contributed by atoms with Gasteiger partial charge in [-0.05, 0) is 24.6 Å². The van der Waals surface area contributed by atoms with Crippen molar-refractivity contribution in [2.45, 2.75) is 13.0 Å². The van der Waals surface area contributed by atoms with Crippen molar-refractivity contribution in [3.8, 4) is 0 Å². The van der Waals surface area contributed by atoms with Crippen molar-refractivity contribution in [3.63, 3.8) is 0 Å². The summed E-state index contributed by atoms with van der Waals surface area (Å²) in [4.78, 5) is 11.1.